The van der Waals surface area contributed by atoms with Gasteiger partial charge in [0.2, 0.25) is 0 Å². The molecule has 3 heteroatoms. The van der Waals surface area contributed by atoms with Gasteiger partial charge >= 0.3 is 5.97 Å². The van der Waals surface area contributed by atoms with Crippen molar-refractivity contribution in [1.82, 2.24) is 0 Å². The van der Waals surface area contributed by atoms with Gasteiger partial charge in [0.25, 0.3) is 0 Å². The van der Waals surface area contributed by atoms with Gasteiger partial charge in [-0.15, -0.1) is 0 Å². The maximum absolute atomic E-state index is 10.7. The SMILES string of the molecule is CCCCC/C(N)=C/C(=O)OC. The van der Waals surface area contributed by atoms with Crippen LogP contribution in [0.4, 0.5) is 0 Å². The lowest BCUT2D eigenvalue weighted by atomic mass is 10.1. The lowest BCUT2D eigenvalue weighted by Crippen LogP contribution is -2.03. The van der Waals surface area contributed by atoms with Crippen LogP contribution >= 0.6 is 0 Å². The molecule has 0 aliphatic rings. The number of ether oxygens (including phenoxy) is 1. The Kier molecular flexibility index (Phi) is 6.15. The van der Waals surface area contributed by atoms with Crippen LogP contribution in [0.1, 0.15) is 32.6 Å². The van der Waals surface area contributed by atoms with Gasteiger partial charge in [-0.2, -0.15) is 0 Å². The van der Waals surface area contributed by atoms with Crippen molar-refractivity contribution in [3.8, 4) is 0 Å². The minimum Gasteiger partial charge on any atom is -0.466 e. The fraction of sp³-hybridized carbons (Fsp3) is 0.667. The number of hydrogen-bond acceptors (Lipinski definition) is 3. The van der Waals surface area contributed by atoms with Crippen molar-refractivity contribution in [2.24, 2.45) is 5.73 Å². The number of methoxy groups -OCH3 is 1. The van der Waals surface area contributed by atoms with Gasteiger partial charge in [0.1, 0.15) is 0 Å². The molecule has 12 heavy (non-hydrogen) atoms. The van der Waals surface area contributed by atoms with Crippen LogP contribution in [0.15, 0.2) is 11.8 Å². The first-order chi connectivity index (χ1) is 5.70. The van der Waals surface area contributed by atoms with E-state index >= 15 is 0 Å². The quantitative estimate of drug-likeness (QED) is 0.388. The third-order valence-electron chi connectivity index (χ3n) is 1.57. The van der Waals surface area contributed by atoms with Crippen molar-refractivity contribution >= 4 is 5.97 Å². The monoisotopic (exact) mass is 171 g/mol. The zero-order valence-corrected chi connectivity index (χ0v) is 7.80. The van der Waals surface area contributed by atoms with Gasteiger partial charge in [-0.3, -0.25) is 0 Å². The minimum atomic E-state index is -0.371. The molecule has 3 nitrogen and oxygen atoms in total. The first-order valence-electron chi connectivity index (χ1n) is 4.24. The van der Waals surface area contributed by atoms with Crippen LogP contribution in [0.25, 0.3) is 0 Å². The van der Waals surface area contributed by atoms with Crippen molar-refractivity contribution in [2.75, 3.05) is 7.11 Å². The molecule has 0 amide bonds. The van der Waals surface area contributed by atoms with E-state index in [1.807, 2.05) is 0 Å². The third-order valence-corrected chi connectivity index (χ3v) is 1.57. The van der Waals surface area contributed by atoms with E-state index in [-0.39, 0.29) is 5.97 Å². The number of esters is 1. The Morgan fingerprint density at radius 2 is 2.17 bits per heavy atom. The molecule has 0 aliphatic heterocycles. The Balaban J connectivity index is 3.62. The van der Waals surface area contributed by atoms with E-state index in [1.54, 1.807) is 0 Å². The molecule has 0 unspecified atom stereocenters. The average molecular weight is 171 g/mol. The highest BCUT2D eigenvalue weighted by atomic mass is 16.5. The lowest BCUT2D eigenvalue weighted by molar-refractivity contribution is -0.134. The maximum Gasteiger partial charge on any atom is 0.332 e. The zero-order chi connectivity index (χ0) is 9.40. The summed E-state index contributed by atoms with van der Waals surface area (Å²) >= 11 is 0. The molecule has 0 aliphatic carbocycles. The van der Waals surface area contributed by atoms with Crippen molar-refractivity contribution in [3.63, 3.8) is 0 Å². The van der Waals surface area contributed by atoms with Gasteiger partial charge in [0, 0.05) is 11.8 Å². The van der Waals surface area contributed by atoms with Crippen LogP contribution in [-0.2, 0) is 9.53 Å². The molecule has 0 rings (SSSR count). The van der Waals surface area contributed by atoms with Gasteiger partial charge in [-0.25, -0.2) is 4.79 Å². The Labute approximate surface area is 73.6 Å². The fourth-order valence-electron chi connectivity index (χ4n) is 0.862. The van der Waals surface area contributed by atoms with E-state index in [9.17, 15) is 4.79 Å². The highest BCUT2D eigenvalue weighted by Gasteiger charge is 1.96. The minimum absolute atomic E-state index is 0.371. The molecule has 0 saturated carbocycles. The second-order valence-corrected chi connectivity index (χ2v) is 2.70. The largest absolute Gasteiger partial charge is 0.466 e. The van der Waals surface area contributed by atoms with E-state index in [4.69, 9.17) is 5.73 Å². The molecule has 0 aromatic rings. The van der Waals surface area contributed by atoms with Crippen LogP contribution in [0.2, 0.25) is 0 Å². The van der Waals surface area contributed by atoms with Gasteiger partial charge in [0.15, 0.2) is 0 Å². The molecule has 0 saturated heterocycles. The molecule has 0 fully saturated rings. The molecular weight excluding hydrogens is 154 g/mol. The molecule has 0 aromatic heterocycles. The highest BCUT2D eigenvalue weighted by molar-refractivity contribution is 5.82. The van der Waals surface area contributed by atoms with Crippen LogP contribution in [-0.4, -0.2) is 13.1 Å². The number of hydrogen-bond donors (Lipinski definition) is 1. The Bertz CT molecular complexity index is 164. The smallest absolute Gasteiger partial charge is 0.332 e. The number of rotatable bonds is 5. The van der Waals surface area contributed by atoms with Crippen LogP contribution in [0.3, 0.4) is 0 Å². The zero-order valence-electron chi connectivity index (χ0n) is 7.80. The van der Waals surface area contributed by atoms with Crippen LogP contribution in [0, 0.1) is 0 Å². The topological polar surface area (TPSA) is 52.3 Å². The Morgan fingerprint density at radius 3 is 2.67 bits per heavy atom. The molecule has 0 heterocycles. The van der Waals surface area contributed by atoms with Crippen molar-refractivity contribution < 1.29 is 9.53 Å². The van der Waals surface area contributed by atoms with Crippen molar-refractivity contribution in [3.05, 3.63) is 11.8 Å². The summed E-state index contributed by atoms with van der Waals surface area (Å²) in [5.41, 5.74) is 6.16. The average Bonchev–Trinajstić information content (AvgIpc) is 2.05. The van der Waals surface area contributed by atoms with Gasteiger partial charge in [-0.05, 0) is 12.8 Å². The van der Waals surface area contributed by atoms with E-state index in [0.717, 1.165) is 25.7 Å². The van der Waals surface area contributed by atoms with E-state index in [0.29, 0.717) is 5.70 Å². The molecule has 0 spiro atoms. The molecule has 2 N–H and O–H groups in total. The molecule has 0 bridgehead atoms. The Hall–Kier alpha value is -0.990. The summed E-state index contributed by atoms with van der Waals surface area (Å²) < 4.78 is 4.43. The molecule has 70 valence electrons. The summed E-state index contributed by atoms with van der Waals surface area (Å²) in [6, 6.07) is 0. The van der Waals surface area contributed by atoms with Crippen molar-refractivity contribution in [2.45, 2.75) is 32.6 Å². The second-order valence-electron chi connectivity index (χ2n) is 2.70. The molecular formula is C9H17NO2. The number of carbonyl (C=O) groups is 1. The molecule has 0 radical (unpaired) electrons. The summed E-state index contributed by atoms with van der Waals surface area (Å²) in [6.45, 7) is 2.13. The summed E-state index contributed by atoms with van der Waals surface area (Å²) in [6.07, 6.45) is 5.47. The van der Waals surface area contributed by atoms with Gasteiger partial charge in [0.05, 0.1) is 7.11 Å². The van der Waals surface area contributed by atoms with E-state index in [1.165, 1.54) is 13.2 Å². The highest BCUT2D eigenvalue weighted by Crippen LogP contribution is 2.03. The van der Waals surface area contributed by atoms with Gasteiger partial charge in [-0.1, -0.05) is 19.8 Å². The van der Waals surface area contributed by atoms with Gasteiger partial charge < -0.3 is 10.5 Å². The van der Waals surface area contributed by atoms with E-state index < -0.39 is 0 Å². The predicted octanol–water partition coefficient (Wildman–Crippen LogP) is 1.58. The number of carbonyl (C=O) groups excluding carboxylic acids is 1. The molecule has 0 atom stereocenters. The normalized spacial score (nSPS) is 11.3. The number of unbranched alkanes of at least 4 members (excludes halogenated alkanes) is 2. The van der Waals surface area contributed by atoms with E-state index in [2.05, 4.69) is 11.7 Å². The first kappa shape index (κ1) is 11.0. The lowest BCUT2D eigenvalue weighted by Gasteiger charge is -1.99. The fourth-order valence-corrected chi connectivity index (χ4v) is 0.862. The van der Waals surface area contributed by atoms with Crippen molar-refractivity contribution in [1.29, 1.82) is 0 Å². The summed E-state index contributed by atoms with van der Waals surface area (Å²) in [5, 5.41) is 0. The molecule has 0 aromatic carbocycles. The summed E-state index contributed by atoms with van der Waals surface area (Å²) in [7, 11) is 1.35. The third kappa shape index (κ3) is 5.77. The standard InChI is InChI=1S/C9H17NO2/c1-3-4-5-6-8(10)7-9(11)12-2/h7H,3-6,10H2,1-2H3/b8-7-. The first-order valence-corrected chi connectivity index (χ1v) is 4.24. The predicted molar refractivity (Wildman–Crippen MR) is 48.4 cm³/mol. The van der Waals surface area contributed by atoms with Crippen LogP contribution < -0.4 is 5.73 Å². The summed E-state index contributed by atoms with van der Waals surface area (Å²) in [4.78, 5) is 10.7. The maximum atomic E-state index is 10.7. The number of allylic oxidation sites excluding steroid dienone is 1. The summed E-state index contributed by atoms with van der Waals surface area (Å²) in [5.74, 6) is -0.371. The number of nitrogens with two attached hydrogens (primary N) is 1. The second kappa shape index (κ2) is 6.70. The Morgan fingerprint density at radius 1 is 1.50 bits per heavy atom. The van der Waals surface area contributed by atoms with Crippen LogP contribution in [0.5, 0.6) is 0 Å².